The highest BCUT2D eigenvalue weighted by Crippen LogP contribution is 2.27. The van der Waals surface area contributed by atoms with Crippen LogP contribution >= 0.6 is 11.3 Å². The molecule has 10 heteroatoms. The quantitative estimate of drug-likeness (QED) is 0.419. The molecule has 0 unspecified atom stereocenters. The summed E-state index contributed by atoms with van der Waals surface area (Å²) in [6.45, 7) is 6.77. The molecule has 0 radical (unpaired) electrons. The molecule has 0 amide bonds. The highest BCUT2D eigenvalue weighted by Gasteiger charge is 2.23. The molecule has 4 aromatic heterocycles. The van der Waals surface area contributed by atoms with Crippen LogP contribution in [0.1, 0.15) is 12.7 Å². The van der Waals surface area contributed by atoms with Gasteiger partial charge in [-0.15, -0.1) is 21.5 Å². The fourth-order valence-corrected chi connectivity index (χ4v) is 5.28. The third-order valence-corrected chi connectivity index (χ3v) is 6.99. The molecule has 1 aliphatic rings. The van der Waals surface area contributed by atoms with Crippen molar-refractivity contribution >= 4 is 44.1 Å². The lowest BCUT2D eigenvalue weighted by atomic mass is 10.2. The normalized spacial score (nSPS) is 15.3. The minimum atomic E-state index is -0.0206. The van der Waals surface area contributed by atoms with Crippen LogP contribution in [0.15, 0.2) is 46.8 Å². The first-order valence-electron chi connectivity index (χ1n) is 10.8. The summed E-state index contributed by atoms with van der Waals surface area (Å²) in [5.41, 5.74) is 0.837. The molecular formula is C22H22N8OS. The van der Waals surface area contributed by atoms with Gasteiger partial charge in [-0.3, -0.25) is 18.7 Å². The van der Waals surface area contributed by atoms with Crippen LogP contribution in [0.25, 0.3) is 26.9 Å². The molecule has 162 valence electrons. The van der Waals surface area contributed by atoms with Crippen molar-refractivity contribution < 1.29 is 0 Å². The number of rotatable bonds is 4. The lowest BCUT2D eigenvalue weighted by Gasteiger charge is -2.35. The fraction of sp³-hybridized carbons (Fsp3) is 0.318. The largest absolute Gasteiger partial charge is 0.353 e. The minimum Gasteiger partial charge on any atom is -0.353 e. The summed E-state index contributed by atoms with van der Waals surface area (Å²) in [6, 6.07) is 9.79. The molecule has 5 heterocycles. The van der Waals surface area contributed by atoms with E-state index < -0.39 is 0 Å². The van der Waals surface area contributed by atoms with Crippen molar-refractivity contribution in [3.8, 4) is 0 Å². The molecule has 0 atom stereocenters. The maximum absolute atomic E-state index is 12.9. The Balaban J connectivity index is 1.29. The van der Waals surface area contributed by atoms with Gasteiger partial charge < -0.3 is 4.90 Å². The highest BCUT2D eigenvalue weighted by molar-refractivity contribution is 7.16. The second kappa shape index (κ2) is 7.64. The zero-order chi connectivity index (χ0) is 21.7. The SMILES string of the molecule is CCn1c(=O)c2ccccc2n2c(CN3CCN(c4ncnc5sccc45)CC3)nnc12. The van der Waals surface area contributed by atoms with Crippen molar-refractivity contribution in [2.24, 2.45) is 0 Å². The molecule has 6 rings (SSSR count). The van der Waals surface area contributed by atoms with Crippen LogP contribution in [0, 0.1) is 0 Å². The maximum Gasteiger partial charge on any atom is 0.262 e. The topological polar surface area (TPSA) is 84.5 Å². The number of thiophene rings is 1. The van der Waals surface area contributed by atoms with Gasteiger partial charge in [0.05, 0.1) is 22.8 Å². The number of nitrogens with zero attached hydrogens (tertiary/aromatic N) is 8. The molecule has 0 aliphatic carbocycles. The monoisotopic (exact) mass is 446 g/mol. The van der Waals surface area contributed by atoms with Crippen LogP contribution in [0.5, 0.6) is 0 Å². The second-order valence-corrected chi connectivity index (χ2v) is 8.81. The fourth-order valence-electron chi connectivity index (χ4n) is 4.55. The van der Waals surface area contributed by atoms with Crippen LogP contribution < -0.4 is 10.5 Å². The lowest BCUT2D eigenvalue weighted by Crippen LogP contribution is -2.46. The van der Waals surface area contributed by atoms with E-state index in [1.165, 1.54) is 0 Å². The number of anilines is 1. The number of hydrogen-bond donors (Lipinski definition) is 0. The number of aromatic nitrogens is 6. The molecule has 1 fully saturated rings. The molecule has 1 saturated heterocycles. The molecule has 1 aliphatic heterocycles. The van der Waals surface area contributed by atoms with Crippen LogP contribution in [0.4, 0.5) is 5.82 Å². The van der Waals surface area contributed by atoms with Gasteiger partial charge in [-0.25, -0.2) is 9.97 Å². The van der Waals surface area contributed by atoms with Crippen LogP contribution in [0.2, 0.25) is 0 Å². The Morgan fingerprint density at radius 1 is 1.00 bits per heavy atom. The summed E-state index contributed by atoms with van der Waals surface area (Å²) in [6.07, 6.45) is 1.65. The third kappa shape index (κ3) is 2.98. The Kier molecular flexibility index (Phi) is 4.62. The molecule has 0 saturated carbocycles. The average Bonchev–Trinajstić information content (AvgIpc) is 3.47. The maximum atomic E-state index is 12.9. The first kappa shape index (κ1) is 19.3. The van der Waals surface area contributed by atoms with Gasteiger partial charge in [-0.05, 0) is 30.5 Å². The van der Waals surface area contributed by atoms with Gasteiger partial charge in [0.1, 0.15) is 17.0 Å². The highest BCUT2D eigenvalue weighted by atomic mass is 32.1. The standard InChI is InChI=1S/C22H22N8OS/c1-2-29-21(31)15-5-3-4-6-17(15)30-18(25-26-22(29)30)13-27-8-10-28(11-9-27)19-16-7-12-32-20(16)24-14-23-19/h3-7,12,14H,2,8-11,13H2,1H3. The van der Waals surface area contributed by atoms with Gasteiger partial charge >= 0.3 is 0 Å². The van der Waals surface area contributed by atoms with E-state index in [9.17, 15) is 4.79 Å². The van der Waals surface area contributed by atoms with Crippen molar-refractivity contribution in [2.75, 3.05) is 31.1 Å². The molecule has 0 N–H and O–H groups in total. The Hall–Kier alpha value is -3.37. The molecule has 9 nitrogen and oxygen atoms in total. The van der Waals surface area contributed by atoms with Gasteiger partial charge in [0, 0.05) is 32.7 Å². The number of fused-ring (bicyclic) bond motifs is 4. The van der Waals surface area contributed by atoms with E-state index in [0.717, 1.165) is 53.6 Å². The van der Waals surface area contributed by atoms with E-state index in [0.29, 0.717) is 24.3 Å². The smallest absolute Gasteiger partial charge is 0.262 e. The first-order chi connectivity index (χ1) is 15.7. The number of piperazine rings is 1. The van der Waals surface area contributed by atoms with Crippen molar-refractivity contribution in [3.63, 3.8) is 0 Å². The van der Waals surface area contributed by atoms with Crippen LogP contribution in [-0.2, 0) is 13.1 Å². The Labute approximate surface area is 187 Å². The van der Waals surface area contributed by atoms with E-state index >= 15 is 0 Å². The molecule has 32 heavy (non-hydrogen) atoms. The van der Waals surface area contributed by atoms with Gasteiger partial charge in [-0.2, -0.15) is 0 Å². The third-order valence-electron chi connectivity index (χ3n) is 6.17. The second-order valence-electron chi connectivity index (χ2n) is 7.92. The summed E-state index contributed by atoms with van der Waals surface area (Å²) >= 11 is 1.64. The average molecular weight is 447 g/mol. The van der Waals surface area contributed by atoms with Gasteiger partial charge in [0.15, 0.2) is 5.82 Å². The predicted molar refractivity (Wildman–Crippen MR) is 125 cm³/mol. The molecule has 1 aromatic carbocycles. The Morgan fingerprint density at radius 3 is 2.69 bits per heavy atom. The molecule has 0 spiro atoms. The number of para-hydroxylation sites is 1. The number of benzene rings is 1. The molecule has 5 aromatic rings. The summed E-state index contributed by atoms with van der Waals surface area (Å²) in [4.78, 5) is 27.5. The van der Waals surface area contributed by atoms with E-state index in [1.807, 2.05) is 35.6 Å². The Morgan fingerprint density at radius 2 is 1.84 bits per heavy atom. The van der Waals surface area contributed by atoms with Gasteiger partial charge in [0.2, 0.25) is 5.78 Å². The van der Waals surface area contributed by atoms with Crippen LogP contribution in [-0.4, -0.2) is 60.2 Å². The van der Waals surface area contributed by atoms with Gasteiger partial charge in [0.25, 0.3) is 5.56 Å². The van der Waals surface area contributed by atoms with Crippen molar-refractivity contribution in [3.05, 3.63) is 58.2 Å². The zero-order valence-electron chi connectivity index (χ0n) is 17.7. The molecule has 0 bridgehead atoms. The van der Waals surface area contributed by atoms with E-state index in [1.54, 1.807) is 22.2 Å². The summed E-state index contributed by atoms with van der Waals surface area (Å²) < 4.78 is 3.73. The summed E-state index contributed by atoms with van der Waals surface area (Å²) in [7, 11) is 0. The molecular weight excluding hydrogens is 424 g/mol. The first-order valence-corrected chi connectivity index (χ1v) is 11.6. The van der Waals surface area contributed by atoms with Crippen molar-refractivity contribution in [2.45, 2.75) is 20.0 Å². The van der Waals surface area contributed by atoms with E-state index in [-0.39, 0.29) is 5.56 Å². The van der Waals surface area contributed by atoms with E-state index in [2.05, 4.69) is 41.4 Å². The number of aryl methyl sites for hydroxylation is 1. The minimum absolute atomic E-state index is 0.0206. The summed E-state index contributed by atoms with van der Waals surface area (Å²) in [5.74, 6) is 2.47. The summed E-state index contributed by atoms with van der Waals surface area (Å²) in [5, 5.41) is 12.7. The lowest BCUT2D eigenvalue weighted by molar-refractivity contribution is 0.243. The zero-order valence-corrected chi connectivity index (χ0v) is 18.5. The Bertz CT molecular complexity index is 1490. The van der Waals surface area contributed by atoms with Crippen molar-refractivity contribution in [1.29, 1.82) is 0 Å². The number of hydrogen-bond acceptors (Lipinski definition) is 8. The predicted octanol–water partition coefficient (Wildman–Crippen LogP) is 2.39. The van der Waals surface area contributed by atoms with E-state index in [4.69, 9.17) is 0 Å². The van der Waals surface area contributed by atoms with Crippen LogP contribution in [0.3, 0.4) is 0 Å². The van der Waals surface area contributed by atoms with Crippen molar-refractivity contribution in [1.82, 2.24) is 34.0 Å². The van der Waals surface area contributed by atoms with Gasteiger partial charge in [-0.1, -0.05) is 12.1 Å².